The zero-order valence-corrected chi connectivity index (χ0v) is 12.1. The molecule has 106 valence electrons. The van der Waals surface area contributed by atoms with Crippen molar-refractivity contribution in [3.8, 4) is 0 Å². The third-order valence-corrected chi connectivity index (χ3v) is 3.56. The fraction of sp³-hybridized carbons (Fsp3) is 0.714. The summed E-state index contributed by atoms with van der Waals surface area (Å²) in [7, 11) is 1.94. The standard InChI is InChI=1S/C14H24N4O/c1-10(2)13-11(9-18(3)17-13)8-16-12-6-4-5-7-15-14(12)19/h9-10,12,16H,4-8H2,1-3H3,(H,15,19). The van der Waals surface area contributed by atoms with E-state index in [0.717, 1.165) is 31.5 Å². The summed E-state index contributed by atoms with van der Waals surface area (Å²) in [5.74, 6) is 0.536. The highest BCUT2D eigenvalue weighted by Crippen LogP contribution is 2.17. The predicted octanol–water partition coefficient (Wildman–Crippen LogP) is 1.30. The van der Waals surface area contributed by atoms with Crippen molar-refractivity contribution < 1.29 is 4.79 Å². The minimum absolute atomic E-state index is 0.0669. The first-order valence-corrected chi connectivity index (χ1v) is 7.11. The van der Waals surface area contributed by atoms with Crippen molar-refractivity contribution in [2.75, 3.05) is 6.54 Å². The molecule has 1 saturated heterocycles. The Bertz CT molecular complexity index is 439. The third kappa shape index (κ3) is 3.56. The average Bonchev–Trinajstić information content (AvgIpc) is 2.61. The van der Waals surface area contributed by atoms with Crippen LogP contribution in [0.5, 0.6) is 0 Å². The molecule has 1 amide bonds. The molecule has 1 aliphatic rings. The van der Waals surface area contributed by atoms with Crippen LogP contribution in [0.4, 0.5) is 0 Å². The van der Waals surface area contributed by atoms with Crippen molar-refractivity contribution in [3.05, 3.63) is 17.5 Å². The lowest BCUT2D eigenvalue weighted by molar-refractivity contribution is -0.122. The van der Waals surface area contributed by atoms with Crippen LogP contribution < -0.4 is 10.6 Å². The molecule has 1 fully saturated rings. The van der Waals surface area contributed by atoms with Gasteiger partial charge in [-0.2, -0.15) is 5.10 Å². The highest BCUT2D eigenvalue weighted by Gasteiger charge is 2.21. The van der Waals surface area contributed by atoms with E-state index in [1.165, 1.54) is 5.56 Å². The van der Waals surface area contributed by atoms with Crippen LogP contribution in [-0.2, 0) is 18.4 Å². The largest absolute Gasteiger partial charge is 0.355 e. The first-order valence-electron chi connectivity index (χ1n) is 7.11. The molecule has 5 nitrogen and oxygen atoms in total. The number of carbonyl (C=O) groups excluding carboxylic acids is 1. The van der Waals surface area contributed by atoms with Gasteiger partial charge in [-0.1, -0.05) is 13.8 Å². The Labute approximate surface area is 114 Å². The number of amides is 1. The van der Waals surface area contributed by atoms with Crippen LogP contribution in [0.2, 0.25) is 0 Å². The van der Waals surface area contributed by atoms with Gasteiger partial charge in [0.1, 0.15) is 0 Å². The molecule has 2 rings (SSSR count). The molecule has 19 heavy (non-hydrogen) atoms. The van der Waals surface area contributed by atoms with E-state index >= 15 is 0 Å². The SMILES string of the molecule is CC(C)c1nn(C)cc1CNC1CCCCNC1=O. The monoisotopic (exact) mass is 264 g/mol. The summed E-state index contributed by atoms with van der Waals surface area (Å²) in [5.41, 5.74) is 2.30. The number of nitrogens with zero attached hydrogens (tertiary/aromatic N) is 2. The Morgan fingerprint density at radius 1 is 1.53 bits per heavy atom. The molecule has 1 unspecified atom stereocenters. The highest BCUT2D eigenvalue weighted by molar-refractivity contribution is 5.81. The number of nitrogens with one attached hydrogen (secondary N) is 2. The van der Waals surface area contributed by atoms with E-state index in [0.29, 0.717) is 12.5 Å². The summed E-state index contributed by atoms with van der Waals surface area (Å²) >= 11 is 0. The van der Waals surface area contributed by atoms with Crippen LogP contribution in [0.15, 0.2) is 6.20 Å². The van der Waals surface area contributed by atoms with Gasteiger partial charge >= 0.3 is 0 Å². The molecule has 0 bridgehead atoms. The zero-order chi connectivity index (χ0) is 13.8. The van der Waals surface area contributed by atoms with E-state index in [2.05, 4.69) is 29.6 Å². The van der Waals surface area contributed by atoms with E-state index in [-0.39, 0.29) is 11.9 Å². The maximum absolute atomic E-state index is 11.9. The van der Waals surface area contributed by atoms with Crippen LogP contribution in [0.25, 0.3) is 0 Å². The number of hydrogen-bond donors (Lipinski definition) is 2. The van der Waals surface area contributed by atoms with Crippen molar-refractivity contribution >= 4 is 5.91 Å². The summed E-state index contributed by atoms with van der Waals surface area (Å²) in [4.78, 5) is 11.9. The van der Waals surface area contributed by atoms with Crippen LogP contribution in [-0.4, -0.2) is 28.3 Å². The third-order valence-electron chi connectivity index (χ3n) is 3.56. The number of aryl methyl sites for hydroxylation is 1. The number of carbonyl (C=O) groups is 1. The van der Waals surface area contributed by atoms with E-state index in [1.807, 2.05) is 17.9 Å². The van der Waals surface area contributed by atoms with Crippen LogP contribution in [0.3, 0.4) is 0 Å². The van der Waals surface area contributed by atoms with Gasteiger partial charge in [-0.3, -0.25) is 9.48 Å². The molecule has 0 aliphatic carbocycles. The van der Waals surface area contributed by atoms with Gasteiger partial charge in [-0.05, 0) is 25.2 Å². The summed E-state index contributed by atoms with van der Waals surface area (Å²) in [6.07, 6.45) is 5.13. The fourth-order valence-corrected chi connectivity index (χ4v) is 2.54. The minimum atomic E-state index is -0.0669. The zero-order valence-electron chi connectivity index (χ0n) is 12.1. The molecule has 0 spiro atoms. The fourth-order valence-electron chi connectivity index (χ4n) is 2.54. The molecule has 0 saturated carbocycles. The molecule has 5 heteroatoms. The Hall–Kier alpha value is -1.36. The van der Waals surface area contributed by atoms with Gasteiger partial charge in [0.15, 0.2) is 0 Å². The lowest BCUT2D eigenvalue weighted by Crippen LogP contribution is -2.42. The quantitative estimate of drug-likeness (QED) is 0.862. The Balaban J connectivity index is 1.99. The maximum Gasteiger partial charge on any atom is 0.237 e. The van der Waals surface area contributed by atoms with Crippen molar-refractivity contribution in [2.45, 2.75) is 51.6 Å². The Morgan fingerprint density at radius 2 is 2.32 bits per heavy atom. The minimum Gasteiger partial charge on any atom is -0.355 e. The second-order valence-corrected chi connectivity index (χ2v) is 5.59. The van der Waals surface area contributed by atoms with E-state index in [4.69, 9.17) is 0 Å². The predicted molar refractivity (Wildman–Crippen MR) is 74.8 cm³/mol. The highest BCUT2D eigenvalue weighted by atomic mass is 16.2. The molecule has 2 N–H and O–H groups in total. The topological polar surface area (TPSA) is 59.0 Å². The van der Waals surface area contributed by atoms with E-state index in [9.17, 15) is 4.79 Å². The molecule has 1 aromatic heterocycles. The molecule has 2 heterocycles. The number of hydrogen-bond acceptors (Lipinski definition) is 3. The molecule has 1 atom stereocenters. The van der Waals surface area contributed by atoms with E-state index in [1.54, 1.807) is 0 Å². The van der Waals surface area contributed by atoms with Gasteiger partial charge in [-0.25, -0.2) is 0 Å². The second kappa shape index (κ2) is 6.19. The molecule has 1 aromatic rings. The molecule has 0 aromatic carbocycles. The van der Waals surface area contributed by atoms with Gasteiger partial charge < -0.3 is 10.6 Å². The number of aromatic nitrogens is 2. The second-order valence-electron chi connectivity index (χ2n) is 5.59. The summed E-state index contributed by atoms with van der Waals surface area (Å²) in [5, 5.41) is 10.8. The van der Waals surface area contributed by atoms with Gasteiger partial charge in [-0.15, -0.1) is 0 Å². The van der Waals surface area contributed by atoms with Crippen LogP contribution in [0, 0.1) is 0 Å². The molecular weight excluding hydrogens is 240 g/mol. The summed E-state index contributed by atoms with van der Waals surface area (Å²) in [6, 6.07) is -0.0669. The maximum atomic E-state index is 11.9. The number of rotatable bonds is 4. The van der Waals surface area contributed by atoms with Gasteiger partial charge in [0.25, 0.3) is 0 Å². The molecular formula is C14H24N4O. The van der Waals surface area contributed by atoms with Crippen molar-refractivity contribution in [1.29, 1.82) is 0 Å². The van der Waals surface area contributed by atoms with Gasteiger partial charge in [0.05, 0.1) is 11.7 Å². The lowest BCUT2D eigenvalue weighted by Gasteiger charge is -2.15. The molecule has 1 aliphatic heterocycles. The summed E-state index contributed by atoms with van der Waals surface area (Å²) in [6.45, 7) is 5.80. The van der Waals surface area contributed by atoms with Crippen molar-refractivity contribution in [1.82, 2.24) is 20.4 Å². The van der Waals surface area contributed by atoms with E-state index < -0.39 is 0 Å². The van der Waals surface area contributed by atoms with Crippen LogP contribution in [0.1, 0.15) is 50.3 Å². The van der Waals surface area contributed by atoms with Crippen molar-refractivity contribution in [2.24, 2.45) is 7.05 Å². The smallest absolute Gasteiger partial charge is 0.237 e. The van der Waals surface area contributed by atoms with Crippen molar-refractivity contribution in [3.63, 3.8) is 0 Å². The lowest BCUT2D eigenvalue weighted by atomic mass is 10.1. The Morgan fingerprint density at radius 3 is 3.05 bits per heavy atom. The van der Waals surface area contributed by atoms with Crippen LogP contribution >= 0.6 is 0 Å². The molecule has 0 radical (unpaired) electrons. The summed E-state index contributed by atoms with van der Waals surface area (Å²) < 4.78 is 1.85. The first-order chi connectivity index (χ1) is 9.08. The Kier molecular flexibility index (Phi) is 4.58. The average molecular weight is 264 g/mol. The van der Waals surface area contributed by atoms with Gasteiger partial charge in [0, 0.05) is 31.9 Å². The first kappa shape index (κ1) is 14.1. The normalized spacial score (nSPS) is 20.4. The van der Waals surface area contributed by atoms with Gasteiger partial charge in [0.2, 0.25) is 5.91 Å².